The lowest BCUT2D eigenvalue weighted by molar-refractivity contribution is 0.418. The Balaban J connectivity index is 2.41. The molecule has 3 nitrogen and oxygen atoms in total. The zero-order valence-corrected chi connectivity index (χ0v) is 13.1. The second-order valence-electron chi connectivity index (χ2n) is 5.63. The topological polar surface area (TPSA) is 39.1 Å². The van der Waals surface area contributed by atoms with Gasteiger partial charge in [-0.3, -0.25) is 0 Å². The summed E-state index contributed by atoms with van der Waals surface area (Å²) in [5.41, 5.74) is 1.23. The first-order valence-corrected chi connectivity index (χ1v) is 7.46. The van der Waals surface area contributed by atoms with E-state index >= 15 is 0 Å². The third-order valence-corrected chi connectivity index (χ3v) is 4.22. The minimum atomic E-state index is 0.0474. The van der Waals surface area contributed by atoms with Crippen molar-refractivity contribution in [1.29, 1.82) is 5.26 Å². The lowest BCUT2D eigenvalue weighted by atomic mass is 9.95. The number of hydrogen-bond acceptors (Lipinski definition) is 3. The Morgan fingerprint density at radius 2 is 2.32 bits per heavy atom. The Kier molecular flexibility index (Phi) is 4.49. The molecule has 0 aromatic heterocycles. The molecule has 2 rings (SSSR count). The van der Waals surface area contributed by atoms with Crippen LogP contribution >= 0.6 is 15.9 Å². The van der Waals surface area contributed by atoms with Crippen molar-refractivity contribution in [1.82, 2.24) is 5.32 Å². The zero-order chi connectivity index (χ0) is 13.9. The Morgan fingerprint density at radius 1 is 1.53 bits per heavy atom. The van der Waals surface area contributed by atoms with Gasteiger partial charge in [0.1, 0.15) is 0 Å². The number of anilines is 1. The van der Waals surface area contributed by atoms with Gasteiger partial charge in [0.05, 0.1) is 18.5 Å². The van der Waals surface area contributed by atoms with E-state index in [4.69, 9.17) is 5.26 Å². The van der Waals surface area contributed by atoms with Crippen LogP contribution in [0.2, 0.25) is 0 Å². The van der Waals surface area contributed by atoms with Gasteiger partial charge in [-0.05, 0) is 45.0 Å². The van der Waals surface area contributed by atoms with E-state index in [9.17, 15) is 0 Å². The average Bonchev–Trinajstić information content (AvgIpc) is 2.48. The highest BCUT2D eigenvalue weighted by Crippen LogP contribution is 2.32. The normalized spacial score (nSPS) is 22.6. The van der Waals surface area contributed by atoms with E-state index in [1.54, 1.807) is 0 Å². The monoisotopic (exact) mass is 321 g/mol. The molecule has 1 atom stereocenters. The molecule has 1 N–H and O–H groups in total. The van der Waals surface area contributed by atoms with Crippen LogP contribution in [0, 0.1) is 11.3 Å². The van der Waals surface area contributed by atoms with Gasteiger partial charge in [0, 0.05) is 22.2 Å². The Bertz CT molecular complexity index is 479. The molecule has 4 heteroatoms. The van der Waals surface area contributed by atoms with E-state index in [2.05, 4.69) is 64.3 Å². The van der Waals surface area contributed by atoms with Crippen LogP contribution in [0.1, 0.15) is 26.7 Å². The van der Waals surface area contributed by atoms with E-state index in [0.717, 1.165) is 24.0 Å². The third kappa shape index (κ3) is 3.29. The highest BCUT2D eigenvalue weighted by Gasteiger charge is 2.34. The van der Waals surface area contributed by atoms with Crippen molar-refractivity contribution in [2.45, 2.75) is 38.3 Å². The fraction of sp³-hybridized carbons (Fsp3) is 0.533. The average molecular weight is 322 g/mol. The number of nitrogens with one attached hydrogen (secondary N) is 1. The summed E-state index contributed by atoms with van der Waals surface area (Å²) < 4.78 is 1.08. The highest BCUT2D eigenvalue weighted by atomic mass is 79.9. The minimum Gasteiger partial charge on any atom is -0.361 e. The van der Waals surface area contributed by atoms with Crippen molar-refractivity contribution in [3.05, 3.63) is 28.7 Å². The fourth-order valence-corrected chi connectivity index (χ4v) is 3.21. The van der Waals surface area contributed by atoms with Gasteiger partial charge >= 0.3 is 0 Å². The number of benzene rings is 1. The molecular formula is C15H20BrN3. The maximum atomic E-state index is 9.09. The molecule has 1 fully saturated rings. The standard InChI is InChI=1S/C15H20BrN3/c1-15(2)7-9-18-11-14(6-8-17)19(15)13-5-3-4-12(16)10-13/h3-5,10,14,18H,6-7,9,11H2,1-2H3. The molecule has 0 amide bonds. The molecule has 1 aliphatic rings. The molecule has 1 aromatic rings. The summed E-state index contributed by atoms with van der Waals surface area (Å²) in [5, 5.41) is 12.5. The van der Waals surface area contributed by atoms with Crippen LogP contribution in [0.3, 0.4) is 0 Å². The van der Waals surface area contributed by atoms with Crippen LogP contribution in [0.4, 0.5) is 5.69 Å². The predicted molar refractivity (Wildman–Crippen MR) is 82.2 cm³/mol. The van der Waals surface area contributed by atoms with Crippen molar-refractivity contribution >= 4 is 21.6 Å². The summed E-state index contributed by atoms with van der Waals surface area (Å²) >= 11 is 3.54. The summed E-state index contributed by atoms with van der Waals surface area (Å²) in [7, 11) is 0. The number of halogens is 1. The first-order chi connectivity index (χ1) is 9.04. The molecule has 0 aliphatic carbocycles. The van der Waals surface area contributed by atoms with Crippen molar-refractivity contribution in [2.24, 2.45) is 0 Å². The number of nitriles is 1. The van der Waals surface area contributed by atoms with Crippen molar-refractivity contribution in [2.75, 3.05) is 18.0 Å². The quantitative estimate of drug-likeness (QED) is 0.908. The van der Waals surface area contributed by atoms with E-state index in [1.165, 1.54) is 5.69 Å². The van der Waals surface area contributed by atoms with Gasteiger partial charge < -0.3 is 10.2 Å². The highest BCUT2D eigenvalue weighted by molar-refractivity contribution is 9.10. The molecular weight excluding hydrogens is 302 g/mol. The van der Waals surface area contributed by atoms with E-state index in [-0.39, 0.29) is 11.6 Å². The van der Waals surface area contributed by atoms with Crippen LogP contribution in [0.5, 0.6) is 0 Å². The Morgan fingerprint density at radius 3 is 3.00 bits per heavy atom. The van der Waals surface area contributed by atoms with Gasteiger partial charge in [0.2, 0.25) is 0 Å². The lowest BCUT2D eigenvalue weighted by Gasteiger charge is -2.43. The van der Waals surface area contributed by atoms with Crippen LogP contribution in [0.15, 0.2) is 28.7 Å². The maximum absolute atomic E-state index is 9.09. The molecule has 0 bridgehead atoms. The van der Waals surface area contributed by atoms with Crippen LogP contribution in [-0.2, 0) is 0 Å². The molecule has 0 spiro atoms. The number of hydrogen-bond donors (Lipinski definition) is 1. The second-order valence-corrected chi connectivity index (χ2v) is 6.55. The van der Waals surface area contributed by atoms with Gasteiger partial charge in [0.15, 0.2) is 0 Å². The molecule has 102 valence electrons. The molecule has 1 aromatic carbocycles. The van der Waals surface area contributed by atoms with Gasteiger partial charge in [0.25, 0.3) is 0 Å². The first kappa shape index (κ1) is 14.4. The summed E-state index contributed by atoms with van der Waals surface area (Å²) in [4.78, 5) is 2.40. The molecule has 1 aliphatic heterocycles. The molecule has 1 unspecified atom stereocenters. The predicted octanol–water partition coefficient (Wildman–Crippen LogP) is 3.31. The number of nitrogens with zero attached hydrogens (tertiary/aromatic N) is 2. The number of rotatable bonds is 2. The lowest BCUT2D eigenvalue weighted by Crippen LogP contribution is -2.50. The van der Waals surface area contributed by atoms with Crippen molar-refractivity contribution in [3.8, 4) is 6.07 Å². The molecule has 0 saturated carbocycles. The summed E-state index contributed by atoms with van der Waals surface area (Å²) in [6.07, 6.45) is 1.62. The van der Waals surface area contributed by atoms with E-state index in [0.29, 0.717) is 6.42 Å². The first-order valence-electron chi connectivity index (χ1n) is 6.67. The Labute approximate surface area is 123 Å². The minimum absolute atomic E-state index is 0.0474. The van der Waals surface area contributed by atoms with Crippen LogP contribution < -0.4 is 10.2 Å². The van der Waals surface area contributed by atoms with E-state index in [1.807, 2.05) is 6.07 Å². The molecule has 1 heterocycles. The maximum Gasteiger partial charge on any atom is 0.0643 e. The second kappa shape index (κ2) is 5.94. The smallest absolute Gasteiger partial charge is 0.0643 e. The van der Waals surface area contributed by atoms with Gasteiger partial charge in [-0.25, -0.2) is 0 Å². The van der Waals surface area contributed by atoms with Crippen molar-refractivity contribution < 1.29 is 0 Å². The van der Waals surface area contributed by atoms with Crippen molar-refractivity contribution in [3.63, 3.8) is 0 Å². The fourth-order valence-electron chi connectivity index (χ4n) is 2.82. The van der Waals surface area contributed by atoms with E-state index < -0.39 is 0 Å². The summed E-state index contributed by atoms with van der Waals surface area (Å²) in [6, 6.07) is 10.9. The van der Waals surface area contributed by atoms with Crippen LogP contribution in [0.25, 0.3) is 0 Å². The summed E-state index contributed by atoms with van der Waals surface area (Å²) in [6.45, 7) is 6.37. The zero-order valence-electron chi connectivity index (χ0n) is 11.5. The van der Waals surface area contributed by atoms with Crippen LogP contribution in [-0.4, -0.2) is 24.7 Å². The largest absolute Gasteiger partial charge is 0.361 e. The molecule has 1 saturated heterocycles. The third-order valence-electron chi connectivity index (χ3n) is 3.72. The molecule has 0 radical (unpaired) electrons. The van der Waals surface area contributed by atoms with Gasteiger partial charge in [-0.2, -0.15) is 5.26 Å². The van der Waals surface area contributed by atoms with Gasteiger partial charge in [-0.1, -0.05) is 22.0 Å². The van der Waals surface area contributed by atoms with Gasteiger partial charge in [-0.15, -0.1) is 0 Å². The SMILES string of the molecule is CC1(C)CCNCC(CC#N)N1c1cccc(Br)c1. The molecule has 19 heavy (non-hydrogen) atoms. The Hall–Kier alpha value is -1.05. The summed E-state index contributed by atoms with van der Waals surface area (Å²) in [5.74, 6) is 0.